The third-order valence-corrected chi connectivity index (χ3v) is 4.93. The minimum absolute atomic E-state index is 0.0756. The molecule has 2 aromatic rings. The van der Waals surface area contributed by atoms with Gasteiger partial charge in [0.2, 0.25) is 0 Å². The summed E-state index contributed by atoms with van der Waals surface area (Å²) in [5.41, 5.74) is 2.05. The predicted molar refractivity (Wildman–Crippen MR) is 106 cm³/mol. The second-order valence-electron chi connectivity index (χ2n) is 6.86. The number of hydrogen-bond acceptors (Lipinski definition) is 4. The van der Waals surface area contributed by atoms with Gasteiger partial charge in [0.05, 0.1) is 11.1 Å². The first kappa shape index (κ1) is 18.9. The lowest BCUT2D eigenvalue weighted by Crippen LogP contribution is -2.48. The Labute approximate surface area is 160 Å². The summed E-state index contributed by atoms with van der Waals surface area (Å²) < 4.78 is 0. The number of anilines is 1. The Morgan fingerprint density at radius 1 is 1.07 bits per heavy atom. The number of pyridine rings is 1. The molecule has 3 rings (SSSR count). The van der Waals surface area contributed by atoms with E-state index in [0.29, 0.717) is 24.2 Å². The molecule has 0 saturated carbocycles. The molecular weight excluding hydrogens is 340 g/mol. The molecule has 1 atom stereocenters. The van der Waals surface area contributed by atoms with E-state index in [1.165, 1.54) is 18.1 Å². The first-order valence-electron chi connectivity index (χ1n) is 9.43. The quantitative estimate of drug-likeness (QED) is 0.883. The number of nitrogens with one attached hydrogen (secondary N) is 1. The fraction of sp³-hybridized carbons (Fsp3) is 0.381. The minimum atomic E-state index is -0.194. The lowest BCUT2D eigenvalue weighted by Gasteiger charge is -2.36. The van der Waals surface area contributed by atoms with Crippen molar-refractivity contribution in [3.8, 4) is 0 Å². The maximum absolute atomic E-state index is 12.8. The summed E-state index contributed by atoms with van der Waals surface area (Å²) in [5, 5.41) is 2.90. The molecule has 6 heteroatoms. The zero-order valence-electron chi connectivity index (χ0n) is 15.9. The molecule has 2 amide bonds. The molecule has 1 unspecified atom stereocenters. The van der Waals surface area contributed by atoms with Crippen LogP contribution in [-0.4, -0.2) is 53.9 Å². The van der Waals surface area contributed by atoms with Crippen molar-refractivity contribution in [2.24, 2.45) is 0 Å². The Kier molecular flexibility index (Phi) is 6.06. The van der Waals surface area contributed by atoms with Crippen LogP contribution in [0.5, 0.6) is 0 Å². The van der Waals surface area contributed by atoms with Gasteiger partial charge in [-0.05, 0) is 31.5 Å². The van der Waals surface area contributed by atoms with Crippen LogP contribution in [0.4, 0.5) is 5.69 Å². The number of amides is 2. The third-order valence-electron chi connectivity index (χ3n) is 4.93. The van der Waals surface area contributed by atoms with Crippen molar-refractivity contribution < 1.29 is 9.59 Å². The van der Waals surface area contributed by atoms with E-state index in [2.05, 4.69) is 27.3 Å². The van der Waals surface area contributed by atoms with Crippen molar-refractivity contribution in [2.75, 3.05) is 31.1 Å². The average Bonchev–Trinajstić information content (AvgIpc) is 2.74. The lowest BCUT2D eigenvalue weighted by molar-refractivity contribution is 0.0746. The maximum Gasteiger partial charge on any atom is 0.255 e. The van der Waals surface area contributed by atoms with Gasteiger partial charge in [0.25, 0.3) is 11.8 Å². The van der Waals surface area contributed by atoms with E-state index >= 15 is 0 Å². The van der Waals surface area contributed by atoms with Gasteiger partial charge < -0.3 is 15.1 Å². The SMILES string of the molecule is CCC(C)NC(=O)c1cncc(C(=O)N2CCN(c3ccccc3)CC2)c1. The molecule has 1 aromatic heterocycles. The molecule has 1 N–H and O–H groups in total. The summed E-state index contributed by atoms with van der Waals surface area (Å²) >= 11 is 0. The Morgan fingerprint density at radius 3 is 2.41 bits per heavy atom. The number of aromatic nitrogens is 1. The summed E-state index contributed by atoms with van der Waals surface area (Å²) in [6.07, 6.45) is 3.89. The van der Waals surface area contributed by atoms with Gasteiger partial charge in [0.1, 0.15) is 0 Å². The maximum atomic E-state index is 12.8. The third kappa shape index (κ3) is 4.64. The average molecular weight is 366 g/mol. The van der Waals surface area contributed by atoms with Crippen LogP contribution < -0.4 is 10.2 Å². The monoisotopic (exact) mass is 366 g/mol. The van der Waals surface area contributed by atoms with Gasteiger partial charge in [-0.25, -0.2) is 0 Å². The molecular formula is C21H26N4O2. The molecule has 1 aliphatic heterocycles. The standard InChI is InChI=1S/C21H26N4O2/c1-3-16(2)23-20(26)17-13-18(15-22-14-17)21(27)25-11-9-24(10-12-25)19-7-5-4-6-8-19/h4-8,13-16H,3,9-12H2,1-2H3,(H,23,26). The van der Waals surface area contributed by atoms with E-state index in [-0.39, 0.29) is 17.9 Å². The molecule has 1 aliphatic rings. The largest absolute Gasteiger partial charge is 0.368 e. The minimum Gasteiger partial charge on any atom is -0.368 e. The van der Waals surface area contributed by atoms with Crippen LogP contribution in [0.2, 0.25) is 0 Å². The van der Waals surface area contributed by atoms with Crippen molar-refractivity contribution >= 4 is 17.5 Å². The molecule has 27 heavy (non-hydrogen) atoms. The highest BCUT2D eigenvalue weighted by molar-refractivity contribution is 5.99. The predicted octanol–water partition coefficient (Wildman–Crippen LogP) is 2.57. The van der Waals surface area contributed by atoms with E-state index in [9.17, 15) is 9.59 Å². The highest BCUT2D eigenvalue weighted by Gasteiger charge is 2.23. The van der Waals surface area contributed by atoms with Crippen molar-refractivity contribution in [1.29, 1.82) is 0 Å². The number of carbonyl (C=O) groups is 2. The van der Waals surface area contributed by atoms with Gasteiger partial charge in [0.15, 0.2) is 0 Å². The van der Waals surface area contributed by atoms with Crippen LogP contribution in [0.3, 0.4) is 0 Å². The number of benzene rings is 1. The first-order chi connectivity index (χ1) is 13.1. The summed E-state index contributed by atoms with van der Waals surface area (Å²) in [6, 6.07) is 11.9. The Morgan fingerprint density at radius 2 is 1.74 bits per heavy atom. The van der Waals surface area contributed by atoms with Crippen LogP contribution in [0.1, 0.15) is 41.0 Å². The summed E-state index contributed by atoms with van der Waals surface area (Å²) in [6.45, 7) is 6.84. The second-order valence-corrected chi connectivity index (χ2v) is 6.86. The van der Waals surface area contributed by atoms with Gasteiger partial charge in [-0.1, -0.05) is 25.1 Å². The van der Waals surface area contributed by atoms with Crippen LogP contribution in [0, 0.1) is 0 Å². The van der Waals surface area contributed by atoms with Crippen LogP contribution >= 0.6 is 0 Å². The molecule has 6 nitrogen and oxygen atoms in total. The molecule has 0 bridgehead atoms. The molecule has 0 radical (unpaired) electrons. The number of rotatable bonds is 5. The number of piperazine rings is 1. The lowest BCUT2D eigenvalue weighted by atomic mass is 10.1. The van der Waals surface area contributed by atoms with E-state index in [4.69, 9.17) is 0 Å². The molecule has 0 aliphatic carbocycles. The fourth-order valence-electron chi connectivity index (χ4n) is 3.08. The van der Waals surface area contributed by atoms with Crippen molar-refractivity contribution in [3.05, 3.63) is 59.9 Å². The normalized spacial score (nSPS) is 15.3. The number of nitrogens with zero attached hydrogens (tertiary/aromatic N) is 3. The zero-order valence-corrected chi connectivity index (χ0v) is 15.9. The second kappa shape index (κ2) is 8.66. The smallest absolute Gasteiger partial charge is 0.255 e. The highest BCUT2D eigenvalue weighted by Crippen LogP contribution is 2.17. The Bertz CT molecular complexity index is 786. The topological polar surface area (TPSA) is 65.5 Å². The Balaban J connectivity index is 1.63. The van der Waals surface area contributed by atoms with Crippen molar-refractivity contribution in [2.45, 2.75) is 26.3 Å². The summed E-state index contributed by atoms with van der Waals surface area (Å²) in [5.74, 6) is -0.270. The number of hydrogen-bond donors (Lipinski definition) is 1. The van der Waals surface area contributed by atoms with Gasteiger partial charge in [-0.2, -0.15) is 0 Å². The summed E-state index contributed by atoms with van der Waals surface area (Å²) in [4.78, 5) is 33.3. The van der Waals surface area contributed by atoms with Crippen molar-refractivity contribution in [3.63, 3.8) is 0 Å². The first-order valence-corrected chi connectivity index (χ1v) is 9.43. The van der Waals surface area contributed by atoms with Crippen LogP contribution in [0.25, 0.3) is 0 Å². The zero-order chi connectivity index (χ0) is 19.2. The molecule has 1 saturated heterocycles. The van der Waals surface area contributed by atoms with Gasteiger partial charge in [-0.3, -0.25) is 14.6 Å². The van der Waals surface area contributed by atoms with E-state index in [1.807, 2.05) is 36.9 Å². The fourth-order valence-corrected chi connectivity index (χ4v) is 3.08. The van der Waals surface area contributed by atoms with Crippen LogP contribution in [-0.2, 0) is 0 Å². The van der Waals surface area contributed by atoms with E-state index < -0.39 is 0 Å². The summed E-state index contributed by atoms with van der Waals surface area (Å²) in [7, 11) is 0. The number of carbonyl (C=O) groups excluding carboxylic acids is 2. The van der Waals surface area contributed by atoms with E-state index in [1.54, 1.807) is 6.07 Å². The Hall–Kier alpha value is -2.89. The molecule has 2 heterocycles. The molecule has 1 aromatic carbocycles. The van der Waals surface area contributed by atoms with Gasteiger partial charge in [0, 0.05) is 50.3 Å². The van der Waals surface area contributed by atoms with Crippen LogP contribution in [0.15, 0.2) is 48.8 Å². The van der Waals surface area contributed by atoms with Crippen molar-refractivity contribution in [1.82, 2.24) is 15.2 Å². The number of para-hydroxylation sites is 1. The molecule has 1 fully saturated rings. The molecule has 0 spiro atoms. The van der Waals surface area contributed by atoms with Gasteiger partial charge >= 0.3 is 0 Å². The van der Waals surface area contributed by atoms with E-state index in [0.717, 1.165) is 19.5 Å². The highest BCUT2D eigenvalue weighted by atomic mass is 16.2. The van der Waals surface area contributed by atoms with Gasteiger partial charge in [-0.15, -0.1) is 0 Å². The molecule has 142 valence electrons.